The topological polar surface area (TPSA) is 80.2 Å². The molecule has 0 heterocycles. The summed E-state index contributed by atoms with van der Waals surface area (Å²) >= 11 is 0. The van der Waals surface area contributed by atoms with Crippen molar-refractivity contribution in [2.24, 2.45) is 10.9 Å². The fraction of sp³-hybridized carbons (Fsp3) is 0.692. The summed E-state index contributed by atoms with van der Waals surface area (Å²) in [6.07, 6.45) is 1.39. The number of carbonyl (C=O) groups excluding carboxylic acids is 1. The minimum Gasteiger partial charge on any atom is -0.478 e. The molecule has 0 aliphatic heterocycles. The largest absolute Gasteiger partial charge is 0.478 e. The first-order valence-corrected chi connectivity index (χ1v) is 6.37. The lowest BCUT2D eigenvalue weighted by molar-refractivity contribution is -0.138. The molecular weight excluding hydrogens is 248 g/mol. The SMILES string of the molecule is CCOC(=O)/C(C=NC)=C(/NCCO)OCC(C)C. The summed E-state index contributed by atoms with van der Waals surface area (Å²) in [4.78, 5) is 15.7. The highest BCUT2D eigenvalue weighted by Crippen LogP contribution is 2.07. The lowest BCUT2D eigenvalue weighted by Gasteiger charge is -2.16. The molecule has 6 heteroatoms. The van der Waals surface area contributed by atoms with Gasteiger partial charge in [0.2, 0.25) is 5.88 Å². The molecule has 0 saturated heterocycles. The zero-order valence-electron chi connectivity index (χ0n) is 12.1. The van der Waals surface area contributed by atoms with Crippen LogP contribution in [-0.4, -0.2) is 50.7 Å². The number of aliphatic imine (C=N–C) groups is 1. The lowest BCUT2D eigenvalue weighted by Crippen LogP contribution is -2.26. The summed E-state index contributed by atoms with van der Waals surface area (Å²) < 4.78 is 10.5. The molecule has 19 heavy (non-hydrogen) atoms. The second kappa shape index (κ2) is 10.4. The van der Waals surface area contributed by atoms with Crippen molar-refractivity contribution in [1.82, 2.24) is 5.32 Å². The highest BCUT2D eigenvalue weighted by molar-refractivity contribution is 6.09. The maximum Gasteiger partial charge on any atom is 0.345 e. The smallest absolute Gasteiger partial charge is 0.345 e. The van der Waals surface area contributed by atoms with Crippen LogP contribution in [0.1, 0.15) is 20.8 Å². The zero-order chi connectivity index (χ0) is 14.7. The van der Waals surface area contributed by atoms with E-state index in [0.717, 1.165) is 0 Å². The van der Waals surface area contributed by atoms with Crippen LogP contribution in [0.2, 0.25) is 0 Å². The molecule has 0 fully saturated rings. The number of rotatable bonds is 9. The van der Waals surface area contributed by atoms with Gasteiger partial charge in [0.1, 0.15) is 5.57 Å². The average molecular weight is 272 g/mol. The van der Waals surface area contributed by atoms with Crippen LogP contribution in [0.5, 0.6) is 0 Å². The predicted octanol–water partition coefficient (Wildman–Crippen LogP) is 0.716. The number of nitrogens with zero attached hydrogens (tertiary/aromatic N) is 1. The fourth-order valence-corrected chi connectivity index (χ4v) is 1.19. The molecule has 0 bridgehead atoms. The molecule has 0 aliphatic rings. The Balaban J connectivity index is 5.10. The van der Waals surface area contributed by atoms with Crippen molar-refractivity contribution < 1.29 is 19.4 Å². The normalized spacial score (nSPS) is 12.5. The summed E-state index contributed by atoms with van der Waals surface area (Å²) in [5.74, 6) is 0.0945. The number of nitrogens with one attached hydrogen (secondary N) is 1. The molecule has 0 aromatic rings. The summed E-state index contributed by atoms with van der Waals surface area (Å²) in [5, 5.41) is 11.7. The molecule has 0 atom stereocenters. The first kappa shape index (κ1) is 17.4. The van der Waals surface area contributed by atoms with E-state index in [9.17, 15) is 4.79 Å². The average Bonchev–Trinajstić information content (AvgIpc) is 2.37. The van der Waals surface area contributed by atoms with Gasteiger partial charge in [0.25, 0.3) is 0 Å². The summed E-state index contributed by atoms with van der Waals surface area (Å²) in [6, 6.07) is 0. The van der Waals surface area contributed by atoms with Gasteiger partial charge in [-0.3, -0.25) is 4.99 Å². The van der Waals surface area contributed by atoms with Crippen molar-refractivity contribution in [3.05, 3.63) is 11.5 Å². The van der Waals surface area contributed by atoms with Gasteiger partial charge in [-0.15, -0.1) is 0 Å². The second-order valence-corrected chi connectivity index (χ2v) is 4.21. The van der Waals surface area contributed by atoms with E-state index < -0.39 is 5.97 Å². The number of ether oxygens (including phenoxy) is 2. The monoisotopic (exact) mass is 272 g/mol. The third-order valence-electron chi connectivity index (χ3n) is 1.96. The van der Waals surface area contributed by atoms with Gasteiger partial charge in [0.15, 0.2) is 0 Å². The van der Waals surface area contributed by atoms with Gasteiger partial charge in [-0.2, -0.15) is 0 Å². The quantitative estimate of drug-likeness (QED) is 0.280. The van der Waals surface area contributed by atoms with Crippen molar-refractivity contribution in [3.8, 4) is 0 Å². The Morgan fingerprint density at radius 2 is 2.11 bits per heavy atom. The summed E-state index contributed by atoms with van der Waals surface area (Å²) in [6.45, 7) is 6.69. The number of aliphatic hydroxyl groups excluding tert-OH is 1. The second-order valence-electron chi connectivity index (χ2n) is 4.21. The molecule has 6 nitrogen and oxygen atoms in total. The van der Waals surface area contributed by atoms with Crippen molar-refractivity contribution in [3.63, 3.8) is 0 Å². The van der Waals surface area contributed by atoms with E-state index in [2.05, 4.69) is 10.3 Å². The van der Waals surface area contributed by atoms with Gasteiger partial charge in [0.05, 0.1) is 19.8 Å². The molecule has 0 amide bonds. The molecule has 110 valence electrons. The van der Waals surface area contributed by atoms with E-state index in [4.69, 9.17) is 14.6 Å². The number of aliphatic hydroxyl groups is 1. The van der Waals surface area contributed by atoms with Gasteiger partial charge in [-0.1, -0.05) is 13.8 Å². The van der Waals surface area contributed by atoms with Gasteiger partial charge in [0, 0.05) is 19.8 Å². The van der Waals surface area contributed by atoms with Gasteiger partial charge in [-0.25, -0.2) is 4.79 Å². The Labute approximate surface area is 114 Å². The van der Waals surface area contributed by atoms with Crippen LogP contribution < -0.4 is 5.32 Å². The summed E-state index contributed by atoms with van der Waals surface area (Å²) in [7, 11) is 1.56. The molecule has 0 saturated carbocycles. The number of esters is 1. The van der Waals surface area contributed by atoms with E-state index in [1.807, 2.05) is 13.8 Å². The van der Waals surface area contributed by atoms with E-state index >= 15 is 0 Å². The van der Waals surface area contributed by atoms with Gasteiger partial charge in [-0.05, 0) is 12.8 Å². The predicted molar refractivity (Wildman–Crippen MR) is 74.0 cm³/mol. The Bertz CT molecular complexity index is 325. The minimum atomic E-state index is -0.503. The Morgan fingerprint density at radius 3 is 2.58 bits per heavy atom. The van der Waals surface area contributed by atoms with E-state index in [0.29, 0.717) is 12.5 Å². The van der Waals surface area contributed by atoms with E-state index in [1.165, 1.54) is 6.21 Å². The van der Waals surface area contributed by atoms with Crippen molar-refractivity contribution in [1.29, 1.82) is 0 Å². The summed E-state index contributed by atoms with van der Waals surface area (Å²) in [5.41, 5.74) is 0.221. The van der Waals surface area contributed by atoms with Crippen molar-refractivity contribution in [2.45, 2.75) is 20.8 Å². The molecule has 0 aromatic carbocycles. The maximum atomic E-state index is 11.8. The highest BCUT2D eigenvalue weighted by Gasteiger charge is 2.16. The Kier molecular flexibility index (Phi) is 9.52. The van der Waals surface area contributed by atoms with E-state index in [-0.39, 0.29) is 31.2 Å². The molecule has 2 N–H and O–H groups in total. The molecule has 0 radical (unpaired) electrons. The standard InChI is InChI=1S/C13H24N2O4/c1-5-18-13(17)11(8-14-4)12(15-6-7-16)19-9-10(2)3/h8,10,15-16H,5-7,9H2,1-4H3/b12-11-,14-8?. The van der Waals surface area contributed by atoms with Crippen LogP contribution in [-0.2, 0) is 14.3 Å². The molecule has 0 rings (SSSR count). The third-order valence-corrected chi connectivity index (χ3v) is 1.96. The maximum absolute atomic E-state index is 11.8. The van der Waals surface area contributed by atoms with Crippen molar-refractivity contribution in [2.75, 3.05) is 33.4 Å². The first-order chi connectivity index (χ1) is 9.06. The molecular formula is C13H24N2O4. The Morgan fingerprint density at radius 1 is 1.42 bits per heavy atom. The van der Waals surface area contributed by atoms with Gasteiger partial charge < -0.3 is 19.9 Å². The number of carbonyl (C=O) groups is 1. The fourth-order valence-electron chi connectivity index (χ4n) is 1.19. The molecule has 0 spiro atoms. The highest BCUT2D eigenvalue weighted by atomic mass is 16.5. The minimum absolute atomic E-state index is 0.0616. The molecule has 0 unspecified atom stereocenters. The third kappa shape index (κ3) is 7.46. The van der Waals surface area contributed by atoms with Crippen LogP contribution >= 0.6 is 0 Å². The first-order valence-electron chi connectivity index (χ1n) is 6.37. The lowest BCUT2D eigenvalue weighted by atomic mass is 10.2. The van der Waals surface area contributed by atoms with Crippen LogP contribution in [0.25, 0.3) is 0 Å². The number of hydrogen-bond acceptors (Lipinski definition) is 6. The van der Waals surface area contributed by atoms with Crippen molar-refractivity contribution >= 4 is 12.2 Å². The zero-order valence-corrected chi connectivity index (χ0v) is 12.1. The number of hydrogen-bond donors (Lipinski definition) is 2. The van der Waals surface area contributed by atoms with Crippen LogP contribution in [0.15, 0.2) is 16.4 Å². The molecule has 0 aliphatic carbocycles. The van der Waals surface area contributed by atoms with Crippen LogP contribution in [0.4, 0.5) is 0 Å². The van der Waals surface area contributed by atoms with E-state index in [1.54, 1.807) is 14.0 Å². The van der Waals surface area contributed by atoms with Crippen LogP contribution in [0, 0.1) is 5.92 Å². The van der Waals surface area contributed by atoms with Crippen LogP contribution in [0.3, 0.4) is 0 Å². The molecule has 0 aromatic heterocycles. The van der Waals surface area contributed by atoms with Gasteiger partial charge >= 0.3 is 5.97 Å². The Hall–Kier alpha value is -1.56.